The molecule has 0 N–H and O–H groups in total. The average molecular weight is 501 g/mol. The summed E-state index contributed by atoms with van der Waals surface area (Å²) in [6, 6.07) is 15.7. The van der Waals surface area contributed by atoms with Gasteiger partial charge in [0.05, 0.1) is 11.2 Å². The average Bonchev–Trinajstić information content (AvgIpc) is 3.34. The zero-order valence-electron chi connectivity index (χ0n) is 21.1. The van der Waals surface area contributed by atoms with Crippen LogP contribution in [0, 0.1) is 5.92 Å². The van der Waals surface area contributed by atoms with E-state index in [0.717, 1.165) is 54.5 Å². The molecule has 5 rings (SSSR count). The molecule has 36 heavy (non-hydrogen) atoms. The zero-order valence-corrected chi connectivity index (χ0v) is 21.9. The minimum Gasteiger partial charge on any atom is -0.341 e. The maximum absolute atomic E-state index is 13.5. The van der Waals surface area contributed by atoms with E-state index in [1.807, 2.05) is 60.6 Å². The first-order valence-electron chi connectivity index (χ1n) is 12.7. The number of fused-ring (bicyclic) bond motifs is 1. The molecule has 0 bridgehead atoms. The van der Waals surface area contributed by atoms with Gasteiger partial charge in [-0.15, -0.1) is 0 Å². The van der Waals surface area contributed by atoms with Gasteiger partial charge in [-0.2, -0.15) is 0 Å². The van der Waals surface area contributed by atoms with Crippen molar-refractivity contribution in [2.24, 2.45) is 5.92 Å². The molecule has 7 heteroatoms. The lowest BCUT2D eigenvalue weighted by atomic mass is 9.99. The lowest BCUT2D eigenvalue weighted by Crippen LogP contribution is -2.39. The second-order valence-corrected chi connectivity index (χ2v) is 10.2. The number of anilines is 1. The van der Waals surface area contributed by atoms with Gasteiger partial charge in [0.2, 0.25) is 5.91 Å². The van der Waals surface area contributed by atoms with E-state index >= 15 is 0 Å². The largest absolute Gasteiger partial charge is 0.341 e. The molecule has 3 aromatic rings. The molecule has 0 unspecified atom stereocenters. The number of aromatic nitrogens is 1. The van der Waals surface area contributed by atoms with Gasteiger partial charge in [-0.05, 0) is 61.2 Å². The number of carbonyl (C=O) groups excluding carboxylic acids is 2. The van der Waals surface area contributed by atoms with Gasteiger partial charge < -0.3 is 14.4 Å². The van der Waals surface area contributed by atoms with Crippen molar-refractivity contribution < 1.29 is 9.59 Å². The molecule has 0 saturated carbocycles. The Morgan fingerprint density at radius 3 is 2.50 bits per heavy atom. The Bertz CT molecular complexity index is 1350. The molecule has 2 aliphatic rings. The summed E-state index contributed by atoms with van der Waals surface area (Å²) >= 11 is 5.63. The third kappa shape index (κ3) is 4.32. The summed E-state index contributed by atoms with van der Waals surface area (Å²) in [6.45, 7) is 6.32. The summed E-state index contributed by atoms with van der Waals surface area (Å²) in [6.07, 6.45) is 6.89. The van der Waals surface area contributed by atoms with Crippen molar-refractivity contribution in [3.63, 3.8) is 0 Å². The number of likely N-dealkylation sites (tertiary alicyclic amines) is 1. The summed E-state index contributed by atoms with van der Waals surface area (Å²) in [4.78, 5) is 32.0. The van der Waals surface area contributed by atoms with Crippen LogP contribution in [-0.2, 0) is 22.6 Å². The smallest absolute Gasteiger partial charge is 0.281 e. The number of hydrogen-bond acceptors (Lipinski definition) is 3. The van der Waals surface area contributed by atoms with Gasteiger partial charge in [-0.25, -0.2) is 0 Å². The maximum Gasteiger partial charge on any atom is 0.281 e. The van der Waals surface area contributed by atoms with Gasteiger partial charge in [-0.3, -0.25) is 14.5 Å². The first kappa shape index (κ1) is 24.3. The Labute approximate surface area is 217 Å². The number of hydrogen-bond donors (Lipinski definition) is 0. The van der Waals surface area contributed by atoms with Crippen molar-refractivity contribution in [2.45, 2.75) is 39.7 Å². The topological polar surface area (TPSA) is 48.8 Å². The summed E-state index contributed by atoms with van der Waals surface area (Å²) in [7, 11) is 1.83. The number of piperidine rings is 1. The van der Waals surface area contributed by atoms with Crippen molar-refractivity contribution >= 4 is 51.8 Å². The molecular formula is C29H32N4O2S. The molecule has 0 aliphatic carbocycles. The summed E-state index contributed by atoms with van der Waals surface area (Å²) in [5.74, 6) is 0.669. The van der Waals surface area contributed by atoms with E-state index in [1.165, 1.54) is 5.56 Å². The predicted octanol–water partition coefficient (Wildman–Crippen LogP) is 5.07. The van der Waals surface area contributed by atoms with E-state index in [9.17, 15) is 9.59 Å². The second kappa shape index (κ2) is 9.90. The van der Waals surface area contributed by atoms with E-state index in [1.54, 1.807) is 9.80 Å². The molecule has 1 aromatic heterocycles. The molecule has 0 radical (unpaired) electrons. The molecule has 2 aromatic carbocycles. The minimum atomic E-state index is -0.153. The number of aryl methyl sites for hydroxylation is 1. The van der Waals surface area contributed by atoms with E-state index in [2.05, 4.69) is 30.5 Å². The fourth-order valence-corrected chi connectivity index (χ4v) is 5.49. The van der Waals surface area contributed by atoms with Crippen LogP contribution in [0.4, 0.5) is 5.69 Å². The molecule has 186 valence electrons. The lowest BCUT2D eigenvalue weighted by molar-refractivity contribution is -0.133. The fourth-order valence-electron chi connectivity index (χ4n) is 5.20. The molecule has 2 saturated heterocycles. The number of thiocarbonyl (C=S) groups is 1. The third-order valence-electron chi connectivity index (χ3n) is 7.40. The number of amides is 2. The van der Waals surface area contributed by atoms with Gasteiger partial charge in [0.15, 0.2) is 5.11 Å². The Morgan fingerprint density at radius 2 is 1.81 bits per heavy atom. The minimum absolute atomic E-state index is 0.148. The Kier molecular flexibility index (Phi) is 6.67. The Hall–Kier alpha value is -3.45. The zero-order chi connectivity index (χ0) is 25.4. The third-order valence-corrected chi connectivity index (χ3v) is 7.86. The molecular weight excluding hydrogens is 468 g/mol. The quantitative estimate of drug-likeness (QED) is 0.363. The van der Waals surface area contributed by atoms with E-state index in [0.29, 0.717) is 23.3 Å². The van der Waals surface area contributed by atoms with Crippen LogP contribution in [0.25, 0.3) is 17.0 Å². The predicted molar refractivity (Wildman–Crippen MR) is 149 cm³/mol. The number of carbonyl (C=O) groups is 2. The second-order valence-electron chi connectivity index (χ2n) is 9.79. The molecule has 2 amide bonds. The van der Waals surface area contributed by atoms with E-state index in [-0.39, 0.29) is 11.8 Å². The normalized spacial score (nSPS) is 18.2. The summed E-state index contributed by atoms with van der Waals surface area (Å²) in [5.41, 5.74) is 4.42. The van der Waals surface area contributed by atoms with Crippen LogP contribution < -0.4 is 4.90 Å². The number of benzene rings is 2. The van der Waals surface area contributed by atoms with Crippen molar-refractivity contribution in [2.75, 3.05) is 25.0 Å². The molecule has 2 aliphatic heterocycles. The van der Waals surface area contributed by atoms with Gasteiger partial charge in [-0.1, -0.05) is 50.2 Å². The Balaban J connectivity index is 1.53. The molecule has 3 heterocycles. The first-order chi connectivity index (χ1) is 17.4. The highest BCUT2D eigenvalue weighted by Crippen LogP contribution is 2.32. The van der Waals surface area contributed by atoms with Crippen molar-refractivity contribution in [3.8, 4) is 0 Å². The van der Waals surface area contributed by atoms with E-state index < -0.39 is 0 Å². The van der Waals surface area contributed by atoms with Crippen LogP contribution >= 0.6 is 12.2 Å². The summed E-state index contributed by atoms with van der Waals surface area (Å²) < 4.78 is 2.06. The van der Waals surface area contributed by atoms with Crippen LogP contribution in [0.5, 0.6) is 0 Å². The highest BCUT2D eigenvalue weighted by Gasteiger charge is 2.37. The van der Waals surface area contributed by atoms with Crippen molar-refractivity contribution in [1.29, 1.82) is 0 Å². The summed E-state index contributed by atoms with van der Waals surface area (Å²) in [5, 5.41) is 1.48. The first-order valence-corrected chi connectivity index (χ1v) is 13.1. The number of likely N-dealkylation sites (N-methyl/N-ethyl adjacent to an activating group) is 1. The number of rotatable bonds is 5. The monoisotopic (exact) mass is 500 g/mol. The van der Waals surface area contributed by atoms with Crippen LogP contribution in [-0.4, -0.2) is 51.4 Å². The van der Waals surface area contributed by atoms with E-state index in [4.69, 9.17) is 12.2 Å². The highest BCUT2D eigenvalue weighted by atomic mass is 32.1. The molecule has 6 nitrogen and oxygen atoms in total. The Morgan fingerprint density at radius 1 is 1.08 bits per heavy atom. The number of nitrogens with zero attached hydrogens (tertiary/aromatic N) is 4. The van der Waals surface area contributed by atoms with Crippen LogP contribution in [0.1, 0.15) is 37.8 Å². The van der Waals surface area contributed by atoms with Gasteiger partial charge in [0.1, 0.15) is 12.2 Å². The maximum atomic E-state index is 13.5. The fraction of sp³-hybridized carbons (Fsp3) is 0.345. The molecule has 2 fully saturated rings. The van der Waals surface area contributed by atoms with Gasteiger partial charge in [0.25, 0.3) is 5.91 Å². The van der Waals surface area contributed by atoms with Crippen LogP contribution in [0.15, 0.2) is 60.4 Å². The number of para-hydroxylation sites is 2. The van der Waals surface area contributed by atoms with Crippen molar-refractivity contribution in [3.05, 3.63) is 71.6 Å². The lowest BCUT2D eigenvalue weighted by Gasteiger charge is -2.30. The van der Waals surface area contributed by atoms with Gasteiger partial charge in [0, 0.05) is 37.3 Å². The van der Waals surface area contributed by atoms with Crippen LogP contribution in [0.3, 0.4) is 0 Å². The molecule has 0 spiro atoms. The van der Waals surface area contributed by atoms with Crippen molar-refractivity contribution in [1.82, 2.24) is 14.4 Å². The standard InChI is InChI=1S/C29H32N4O2S/c1-4-21-9-8-12-24-22(18-32(27(21)24)19-26(34)31-15-13-20(2)14-16-31)17-25-28(35)33(29(36)30(25)3)23-10-6-5-7-11-23/h5-12,17-18,20H,4,13-16,19H2,1-3H3/b25-17-. The van der Waals surface area contributed by atoms with Crippen LogP contribution in [0.2, 0.25) is 0 Å². The SMILES string of the molecule is CCc1cccc2c(/C=C3/C(=O)N(c4ccccc4)C(=S)N3C)cn(CC(=O)N3CCC(C)CC3)c12. The molecule has 0 atom stereocenters. The van der Waals surface area contributed by atoms with Gasteiger partial charge >= 0.3 is 0 Å². The highest BCUT2D eigenvalue weighted by molar-refractivity contribution is 7.80.